The molecule has 162 valence electrons. The second-order valence-electron chi connectivity index (χ2n) is 6.97. The Morgan fingerprint density at radius 2 is 1.62 bits per heavy atom. The highest BCUT2D eigenvalue weighted by Crippen LogP contribution is 2.28. The molecule has 7 nitrogen and oxygen atoms in total. The van der Waals surface area contributed by atoms with Gasteiger partial charge < -0.3 is 10.1 Å². The normalized spacial score (nSPS) is 15.9. The van der Waals surface area contributed by atoms with Gasteiger partial charge in [0.15, 0.2) is 6.61 Å². The molecule has 1 saturated carbocycles. The fourth-order valence-electron chi connectivity index (χ4n) is 3.19. The van der Waals surface area contributed by atoms with Gasteiger partial charge in [-0.1, -0.05) is 61.4 Å². The van der Waals surface area contributed by atoms with Gasteiger partial charge in [0, 0.05) is 12.6 Å². The summed E-state index contributed by atoms with van der Waals surface area (Å²) in [5.41, 5.74) is 0. The largest absolute Gasteiger partial charge is 0.456 e. The average Bonchev–Trinajstić information content (AvgIpc) is 2.61. The zero-order valence-electron chi connectivity index (χ0n) is 16.1. The zero-order chi connectivity index (χ0) is 21.3. The summed E-state index contributed by atoms with van der Waals surface area (Å²) >= 11 is 11.8. The van der Waals surface area contributed by atoms with Gasteiger partial charge in [-0.15, -0.1) is 0 Å². The second kappa shape index (κ2) is 11.7. The van der Waals surface area contributed by atoms with Crippen molar-refractivity contribution in [3.8, 4) is 0 Å². The summed E-state index contributed by atoms with van der Waals surface area (Å²) in [7, 11) is -3.98. The van der Waals surface area contributed by atoms with Crippen molar-refractivity contribution in [2.75, 3.05) is 13.2 Å². The molecule has 0 aromatic heterocycles. The van der Waals surface area contributed by atoms with Crippen molar-refractivity contribution in [3.63, 3.8) is 0 Å². The minimum atomic E-state index is -3.98. The molecule has 0 atom stereocenters. The predicted molar refractivity (Wildman–Crippen MR) is 111 cm³/mol. The maximum absolute atomic E-state index is 12.3. The lowest BCUT2D eigenvalue weighted by atomic mass is 9.97. The van der Waals surface area contributed by atoms with Crippen LogP contribution in [0.1, 0.15) is 51.4 Å². The molecular weight excluding hydrogens is 439 g/mol. The lowest BCUT2D eigenvalue weighted by Crippen LogP contribution is -2.38. The standard InChI is InChI=1S/C19H26Cl2N2O5S/c20-15-9-6-10-16(21)19(15)29(26,27)22-12-11-18(25)28-13-17(24)23-14-7-4-2-1-3-5-8-14/h6,9-10,14,22H,1-5,7-8,11-13H2,(H,23,24). The molecule has 1 aromatic rings. The number of halogens is 2. The molecule has 10 heteroatoms. The van der Waals surface area contributed by atoms with Gasteiger partial charge in [0.1, 0.15) is 4.90 Å². The van der Waals surface area contributed by atoms with Crippen molar-refractivity contribution in [1.82, 2.24) is 10.0 Å². The van der Waals surface area contributed by atoms with E-state index >= 15 is 0 Å². The van der Waals surface area contributed by atoms with Gasteiger partial charge in [-0.05, 0) is 25.0 Å². The number of hydrogen-bond acceptors (Lipinski definition) is 5. The topological polar surface area (TPSA) is 102 Å². The van der Waals surface area contributed by atoms with E-state index in [4.69, 9.17) is 27.9 Å². The molecule has 0 bridgehead atoms. The molecule has 2 rings (SSSR count). The molecule has 0 spiro atoms. The Morgan fingerprint density at radius 3 is 2.24 bits per heavy atom. The molecule has 0 aliphatic heterocycles. The van der Waals surface area contributed by atoms with E-state index in [2.05, 4.69) is 10.0 Å². The van der Waals surface area contributed by atoms with Crippen LogP contribution in [0.3, 0.4) is 0 Å². The molecule has 2 N–H and O–H groups in total. The Kier molecular flexibility index (Phi) is 9.68. The summed E-state index contributed by atoms with van der Waals surface area (Å²) in [5.74, 6) is -1.02. The number of ether oxygens (including phenoxy) is 1. The first-order chi connectivity index (χ1) is 13.8. The molecule has 1 aromatic carbocycles. The lowest BCUT2D eigenvalue weighted by Gasteiger charge is -2.20. The van der Waals surface area contributed by atoms with Crippen LogP contribution in [0.15, 0.2) is 23.1 Å². The molecule has 0 unspecified atom stereocenters. The smallest absolute Gasteiger partial charge is 0.307 e. The summed E-state index contributed by atoms with van der Waals surface area (Å²) in [5, 5.41) is 2.87. The number of hydrogen-bond donors (Lipinski definition) is 2. The van der Waals surface area contributed by atoms with E-state index in [-0.39, 0.29) is 46.5 Å². The lowest BCUT2D eigenvalue weighted by molar-refractivity contribution is -0.148. The second-order valence-corrected chi connectivity index (χ2v) is 9.49. The summed E-state index contributed by atoms with van der Waals surface area (Å²) in [6.45, 7) is -0.578. The number of rotatable bonds is 8. The maximum atomic E-state index is 12.3. The van der Waals surface area contributed by atoms with Crippen molar-refractivity contribution in [2.45, 2.75) is 62.3 Å². The van der Waals surface area contributed by atoms with Gasteiger partial charge in [-0.25, -0.2) is 13.1 Å². The molecule has 29 heavy (non-hydrogen) atoms. The highest BCUT2D eigenvalue weighted by atomic mass is 35.5. The van der Waals surface area contributed by atoms with Crippen LogP contribution in [0.4, 0.5) is 0 Å². The molecule has 0 radical (unpaired) electrons. The van der Waals surface area contributed by atoms with Gasteiger partial charge in [0.25, 0.3) is 5.91 Å². The summed E-state index contributed by atoms with van der Waals surface area (Å²) < 4.78 is 31.8. The van der Waals surface area contributed by atoms with Crippen LogP contribution in [-0.4, -0.2) is 39.5 Å². The molecule has 0 saturated heterocycles. The Morgan fingerprint density at radius 1 is 1.03 bits per heavy atom. The SMILES string of the molecule is O=C(COC(=O)CCNS(=O)(=O)c1c(Cl)cccc1Cl)NC1CCCCCCC1. The first-order valence-corrected chi connectivity index (χ1v) is 11.9. The van der Waals surface area contributed by atoms with Crippen LogP contribution in [0.2, 0.25) is 10.0 Å². The molecule has 1 amide bonds. The van der Waals surface area contributed by atoms with Gasteiger partial charge in [0.05, 0.1) is 16.5 Å². The van der Waals surface area contributed by atoms with E-state index in [0.29, 0.717) is 0 Å². The maximum Gasteiger partial charge on any atom is 0.307 e. The Labute approximate surface area is 181 Å². The van der Waals surface area contributed by atoms with Gasteiger partial charge in [0.2, 0.25) is 10.0 Å². The van der Waals surface area contributed by atoms with Crippen LogP contribution in [0.5, 0.6) is 0 Å². The van der Waals surface area contributed by atoms with E-state index in [1.165, 1.54) is 37.5 Å². The first kappa shape index (κ1) is 23.9. The summed E-state index contributed by atoms with van der Waals surface area (Å²) in [6.07, 6.45) is 7.41. The van der Waals surface area contributed by atoms with E-state index in [1.807, 2.05) is 0 Å². The van der Waals surface area contributed by atoms with Gasteiger partial charge in [-0.2, -0.15) is 0 Å². The average molecular weight is 465 g/mol. The monoisotopic (exact) mass is 464 g/mol. The number of esters is 1. The van der Waals surface area contributed by atoms with E-state index in [9.17, 15) is 18.0 Å². The van der Waals surface area contributed by atoms with Crippen LogP contribution in [0, 0.1) is 0 Å². The third kappa shape index (κ3) is 8.12. The Hall–Kier alpha value is -1.35. The summed E-state index contributed by atoms with van der Waals surface area (Å²) in [4.78, 5) is 23.5. The number of carbonyl (C=O) groups excluding carboxylic acids is 2. The molecule has 0 heterocycles. The number of sulfonamides is 1. The van der Waals surface area contributed by atoms with E-state index in [0.717, 1.165) is 25.7 Å². The van der Waals surface area contributed by atoms with Crippen molar-refractivity contribution in [3.05, 3.63) is 28.2 Å². The first-order valence-electron chi connectivity index (χ1n) is 9.68. The quantitative estimate of drug-likeness (QED) is 0.573. The fourth-order valence-corrected chi connectivity index (χ4v) is 5.36. The number of benzene rings is 1. The molecular formula is C19H26Cl2N2O5S. The van der Waals surface area contributed by atoms with E-state index < -0.39 is 16.0 Å². The number of amides is 1. The molecule has 1 fully saturated rings. The third-order valence-electron chi connectivity index (χ3n) is 4.64. The highest BCUT2D eigenvalue weighted by Gasteiger charge is 2.22. The third-order valence-corrected chi connectivity index (χ3v) is 7.06. The minimum absolute atomic E-state index is 0.0153. The van der Waals surface area contributed by atoms with Crippen LogP contribution in [0.25, 0.3) is 0 Å². The van der Waals surface area contributed by atoms with Crippen molar-refractivity contribution >= 4 is 45.1 Å². The number of nitrogens with one attached hydrogen (secondary N) is 2. The Bertz CT molecular complexity index is 789. The van der Waals surface area contributed by atoms with Crippen LogP contribution in [-0.2, 0) is 24.3 Å². The summed E-state index contributed by atoms with van der Waals surface area (Å²) in [6, 6.07) is 4.46. The van der Waals surface area contributed by atoms with Crippen LogP contribution < -0.4 is 10.0 Å². The van der Waals surface area contributed by atoms with Crippen molar-refractivity contribution in [2.24, 2.45) is 0 Å². The molecule has 1 aliphatic rings. The van der Waals surface area contributed by atoms with E-state index in [1.54, 1.807) is 0 Å². The van der Waals surface area contributed by atoms with Crippen molar-refractivity contribution in [1.29, 1.82) is 0 Å². The van der Waals surface area contributed by atoms with Gasteiger partial charge >= 0.3 is 5.97 Å². The highest BCUT2D eigenvalue weighted by molar-refractivity contribution is 7.89. The Balaban J connectivity index is 1.72. The molecule has 1 aliphatic carbocycles. The predicted octanol–water partition coefficient (Wildman–Crippen LogP) is 3.43. The van der Waals surface area contributed by atoms with Crippen molar-refractivity contribution < 1.29 is 22.7 Å². The fraction of sp³-hybridized carbons (Fsp3) is 0.579. The minimum Gasteiger partial charge on any atom is -0.456 e. The van der Waals surface area contributed by atoms with Gasteiger partial charge in [-0.3, -0.25) is 9.59 Å². The van der Waals surface area contributed by atoms with Crippen LogP contribution >= 0.6 is 23.2 Å². The number of carbonyl (C=O) groups is 2. The zero-order valence-corrected chi connectivity index (χ0v) is 18.4.